The van der Waals surface area contributed by atoms with Gasteiger partial charge in [0.25, 0.3) is 5.91 Å². The van der Waals surface area contributed by atoms with Crippen LogP contribution in [0.3, 0.4) is 0 Å². The zero-order valence-electron chi connectivity index (χ0n) is 18.0. The molecule has 0 aliphatic carbocycles. The highest BCUT2D eigenvalue weighted by molar-refractivity contribution is 5.95. The predicted molar refractivity (Wildman–Crippen MR) is 121 cm³/mol. The fourth-order valence-electron chi connectivity index (χ4n) is 4.63. The minimum absolute atomic E-state index is 0.0164. The number of nitrogens with zero attached hydrogens (tertiary/aromatic N) is 2. The van der Waals surface area contributed by atoms with Crippen LogP contribution in [0.5, 0.6) is 0 Å². The fourth-order valence-corrected chi connectivity index (χ4v) is 4.63. The molecule has 158 valence electrons. The summed E-state index contributed by atoms with van der Waals surface area (Å²) < 4.78 is 0. The normalized spacial score (nSPS) is 18.9. The molecule has 2 heterocycles. The van der Waals surface area contributed by atoms with Gasteiger partial charge >= 0.3 is 0 Å². The number of amides is 2. The number of carbonyl (C=O) groups is 2. The summed E-state index contributed by atoms with van der Waals surface area (Å²) in [6.45, 7) is 7.37. The highest BCUT2D eigenvalue weighted by Gasteiger charge is 2.22. The van der Waals surface area contributed by atoms with E-state index in [-0.39, 0.29) is 11.8 Å². The van der Waals surface area contributed by atoms with E-state index in [9.17, 15) is 9.59 Å². The van der Waals surface area contributed by atoms with E-state index in [1.54, 1.807) is 6.92 Å². The minimum Gasteiger partial charge on any atom is -0.351 e. The summed E-state index contributed by atoms with van der Waals surface area (Å²) in [6.07, 6.45) is 4.72. The molecule has 0 aromatic heterocycles. The Morgan fingerprint density at radius 3 is 2.53 bits per heavy atom. The van der Waals surface area contributed by atoms with Gasteiger partial charge in [-0.3, -0.25) is 14.5 Å². The molecule has 2 amide bonds. The summed E-state index contributed by atoms with van der Waals surface area (Å²) >= 11 is 0. The molecule has 2 aromatic carbocycles. The lowest BCUT2D eigenvalue weighted by Crippen LogP contribution is -2.42. The second-order valence-electron chi connectivity index (χ2n) is 8.48. The largest absolute Gasteiger partial charge is 0.351 e. The van der Waals surface area contributed by atoms with Gasteiger partial charge < -0.3 is 10.2 Å². The van der Waals surface area contributed by atoms with Crippen LogP contribution in [0.2, 0.25) is 0 Å². The molecule has 4 rings (SSSR count). The van der Waals surface area contributed by atoms with E-state index in [1.807, 2.05) is 35.2 Å². The number of likely N-dealkylation sites (tertiary alicyclic amines) is 1. The highest BCUT2D eigenvalue weighted by Crippen LogP contribution is 2.32. The first-order chi connectivity index (χ1) is 14.5. The van der Waals surface area contributed by atoms with Gasteiger partial charge in [0.2, 0.25) is 5.91 Å². The van der Waals surface area contributed by atoms with Crippen molar-refractivity contribution < 1.29 is 9.59 Å². The molecule has 2 aliphatic heterocycles. The molecule has 0 bridgehead atoms. The van der Waals surface area contributed by atoms with E-state index in [4.69, 9.17) is 0 Å². The Hall–Kier alpha value is -2.66. The monoisotopic (exact) mass is 405 g/mol. The molecule has 2 aliphatic rings. The molecule has 2 aromatic rings. The molecule has 0 unspecified atom stereocenters. The second kappa shape index (κ2) is 9.00. The van der Waals surface area contributed by atoms with Crippen LogP contribution in [0.4, 0.5) is 5.69 Å². The van der Waals surface area contributed by atoms with Crippen molar-refractivity contribution in [3.8, 4) is 11.1 Å². The van der Waals surface area contributed by atoms with E-state index in [1.165, 1.54) is 24.8 Å². The number of anilines is 1. The minimum atomic E-state index is -0.0164. The average molecular weight is 406 g/mol. The summed E-state index contributed by atoms with van der Waals surface area (Å²) in [5, 5.41) is 3.06. The Morgan fingerprint density at radius 1 is 1.03 bits per heavy atom. The van der Waals surface area contributed by atoms with Crippen LogP contribution in [-0.4, -0.2) is 48.9 Å². The number of nitrogens with one attached hydrogen (secondary N) is 1. The molecular weight excluding hydrogens is 374 g/mol. The van der Waals surface area contributed by atoms with Gasteiger partial charge in [-0.25, -0.2) is 0 Å². The van der Waals surface area contributed by atoms with Crippen molar-refractivity contribution in [2.75, 3.05) is 31.1 Å². The Labute approximate surface area is 179 Å². The fraction of sp³-hybridized carbons (Fsp3) is 0.440. The van der Waals surface area contributed by atoms with Crippen LogP contribution in [0, 0.1) is 0 Å². The van der Waals surface area contributed by atoms with Crippen molar-refractivity contribution in [3.63, 3.8) is 0 Å². The number of carbonyl (C=O) groups excluding carboxylic acids is 2. The first kappa shape index (κ1) is 20.6. The van der Waals surface area contributed by atoms with Crippen LogP contribution < -0.4 is 10.2 Å². The van der Waals surface area contributed by atoms with E-state index in [0.29, 0.717) is 18.2 Å². The van der Waals surface area contributed by atoms with Crippen molar-refractivity contribution >= 4 is 17.5 Å². The van der Waals surface area contributed by atoms with Crippen molar-refractivity contribution in [2.24, 2.45) is 0 Å². The third kappa shape index (κ3) is 4.41. The van der Waals surface area contributed by atoms with Gasteiger partial charge in [-0.2, -0.15) is 0 Å². The van der Waals surface area contributed by atoms with Crippen molar-refractivity contribution in [1.29, 1.82) is 0 Å². The number of fused-ring (bicyclic) bond motifs is 1. The zero-order chi connectivity index (χ0) is 21.1. The summed E-state index contributed by atoms with van der Waals surface area (Å²) in [7, 11) is 0. The third-order valence-electron chi connectivity index (χ3n) is 6.46. The first-order valence-corrected chi connectivity index (χ1v) is 11.1. The molecule has 1 atom stereocenters. The first-order valence-electron chi connectivity index (χ1n) is 11.1. The predicted octanol–water partition coefficient (Wildman–Crippen LogP) is 3.87. The van der Waals surface area contributed by atoms with Crippen molar-refractivity contribution in [3.05, 3.63) is 53.6 Å². The Bertz CT molecular complexity index is 922. The quantitative estimate of drug-likeness (QED) is 0.822. The number of benzene rings is 2. The van der Waals surface area contributed by atoms with Gasteiger partial charge in [-0.15, -0.1) is 0 Å². The maximum Gasteiger partial charge on any atom is 0.251 e. The van der Waals surface area contributed by atoms with E-state index in [0.717, 1.165) is 42.9 Å². The molecule has 5 heteroatoms. The van der Waals surface area contributed by atoms with Crippen LogP contribution >= 0.6 is 0 Å². The summed E-state index contributed by atoms with van der Waals surface area (Å²) in [5.74, 6) is 0.0730. The lowest BCUT2D eigenvalue weighted by molar-refractivity contribution is -0.116. The van der Waals surface area contributed by atoms with Crippen molar-refractivity contribution in [2.45, 2.75) is 45.6 Å². The van der Waals surface area contributed by atoms with Crippen molar-refractivity contribution in [1.82, 2.24) is 10.2 Å². The molecule has 0 saturated carbocycles. The standard InChI is InChI=1S/C25H31N3O2/c1-18-5-3-4-14-27(18)16-13-26-25(30)21-8-6-20(7-9-21)22-10-11-24-23(17-22)12-15-28(24)19(2)29/h6-11,17-18H,3-5,12-16H2,1-2H3,(H,26,30)/t18-/m1/s1. The van der Waals surface area contributed by atoms with E-state index >= 15 is 0 Å². The van der Waals surface area contributed by atoms with Crippen LogP contribution in [0.25, 0.3) is 11.1 Å². The molecule has 30 heavy (non-hydrogen) atoms. The number of hydrogen-bond donors (Lipinski definition) is 1. The van der Waals surface area contributed by atoms with E-state index < -0.39 is 0 Å². The van der Waals surface area contributed by atoms with E-state index in [2.05, 4.69) is 29.3 Å². The van der Waals surface area contributed by atoms with Crippen LogP contribution in [-0.2, 0) is 11.2 Å². The van der Waals surface area contributed by atoms with Crippen LogP contribution in [0.15, 0.2) is 42.5 Å². The lowest BCUT2D eigenvalue weighted by Gasteiger charge is -2.33. The van der Waals surface area contributed by atoms with Gasteiger partial charge in [0.1, 0.15) is 0 Å². The summed E-state index contributed by atoms with van der Waals surface area (Å²) in [6, 6.07) is 14.6. The average Bonchev–Trinajstić information content (AvgIpc) is 3.19. The van der Waals surface area contributed by atoms with Gasteiger partial charge in [0.15, 0.2) is 0 Å². The SMILES string of the molecule is CC(=O)N1CCc2cc(-c3ccc(C(=O)NCCN4CCCC[C@H]4C)cc3)ccc21. The molecule has 0 spiro atoms. The smallest absolute Gasteiger partial charge is 0.251 e. The third-order valence-corrected chi connectivity index (χ3v) is 6.46. The lowest BCUT2D eigenvalue weighted by atomic mass is 10.0. The Balaban J connectivity index is 1.36. The highest BCUT2D eigenvalue weighted by atomic mass is 16.2. The molecule has 1 fully saturated rings. The number of hydrogen-bond acceptors (Lipinski definition) is 3. The Kier molecular flexibility index (Phi) is 6.18. The molecule has 1 N–H and O–H groups in total. The number of piperidine rings is 1. The van der Waals surface area contributed by atoms with Crippen LogP contribution in [0.1, 0.15) is 49.0 Å². The summed E-state index contributed by atoms with van der Waals surface area (Å²) in [5.41, 5.74) is 5.11. The zero-order valence-corrected chi connectivity index (χ0v) is 18.0. The topological polar surface area (TPSA) is 52.7 Å². The molecule has 5 nitrogen and oxygen atoms in total. The maximum absolute atomic E-state index is 12.5. The Morgan fingerprint density at radius 2 is 1.80 bits per heavy atom. The van der Waals surface area contributed by atoms with Gasteiger partial charge in [-0.05, 0) is 73.7 Å². The van der Waals surface area contributed by atoms with Gasteiger partial charge in [0, 0.05) is 43.9 Å². The van der Waals surface area contributed by atoms with Gasteiger partial charge in [-0.1, -0.05) is 24.6 Å². The second-order valence-corrected chi connectivity index (χ2v) is 8.48. The van der Waals surface area contributed by atoms with Gasteiger partial charge in [0.05, 0.1) is 0 Å². The molecule has 1 saturated heterocycles. The number of rotatable bonds is 5. The summed E-state index contributed by atoms with van der Waals surface area (Å²) in [4.78, 5) is 28.5. The molecule has 0 radical (unpaired) electrons. The maximum atomic E-state index is 12.5. The molecular formula is C25H31N3O2.